The second kappa shape index (κ2) is 3.05. The molecule has 1 heterocycles. The van der Waals surface area contributed by atoms with Crippen LogP contribution in [0.1, 0.15) is 13.3 Å². The molecule has 0 aromatic carbocycles. The van der Waals surface area contributed by atoms with E-state index < -0.39 is 0 Å². The Morgan fingerprint density at radius 2 is 2.50 bits per heavy atom. The van der Waals surface area contributed by atoms with Gasteiger partial charge in [0.25, 0.3) is 0 Å². The van der Waals surface area contributed by atoms with Crippen molar-refractivity contribution in [1.82, 2.24) is 5.43 Å². The smallest absolute Gasteiger partial charge is 0.248 e. The van der Waals surface area contributed by atoms with Crippen molar-refractivity contribution < 1.29 is 4.79 Å². The third kappa shape index (κ3) is 1.31. The number of hydrogen-bond acceptors (Lipinski definition) is 3. The van der Waals surface area contributed by atoms with Crippen LogP contribution in [0.5, 0.6) is 0 Å². The van der Waals surface area contributed by atoms with Crippen LogP contribution in [0.15, 0.2) is 5.10 Å². The van der Waals surface area contributed by atoms with E-state index in [1.807, 2.05) is 6.92 Å². The molecule has 0 saturated heterocycles. The number of hydrazone groups is 1. The Morgan fingerprint density at radius 3 is 2.90 bits per heavy atom. The molecular formula is C6H10N2OS. The molecule has 1 unspecified atom stereocenters. The van der Waals surface area contributed by atoms with E-state index in [9.17, 15) is 4.79 Å². The molecule has 1 atom stereocenters. The molecule has 3 nitrogen and oxygen atoms in total. The lowest BCUT2D eigenvalue weighted by Gasteiger charge is -2.02. The number of nitrogens with zero attached hydrogens (tertiary/aromatic N) is 1. The Balaban J connectivity index is 2.56. The number of thiol groups is 1. The summed E-state index contributed by atoms with van der Waals surface area (Å²) in [5.41, 5.74) is 3.29. The molecule has 4 heteroatoms. The van der Waals surface area contributed by atoms with Gasteiger partial charge in [-0.05, 0) is 19.1 Å². The summed E-state index contributed by atoms with van der Waals surface area (Å²) >= 11 is 4.04. The first kappa shape index (κ1) is 7.60. The lowest BCUT2D eigenvalue weighted by atomic mass is 10.0. The fourth-order valence-electron chi connectivity index (χ4n) is 0.958. The largest absolute Gasteiger partial charge is 0.272 e. The van der Waals surface area contributed by atoms with Crippen molar-refractivity contribution in [2.45, 2.75) is 13.3 Å². The first-order chi connectivity index (χ1) is 4.75. The molecule has 0 fully saturated rings. The maximum absolute atomic E-state index is 10.9. The standard InChI is InChI=1S/C6H10N2OS/c1-4-5(2-3-10)6(9)8-7-4/h5,10H,2-3H2,1H3,(H,8,9). The fourth-order valence-corrected chi connectivity index (χ4v) is 1.22. The highest BCUT2D eigenvalue weighted by Crippen LogP contribution is 2.11. The minimum absolute atomic E-state index is 0.00606. The van der Waals surface area contributed by atoms with Gasteiger partial charge in [-0.3, -0.25) is 4.79 Å². The van der Waals surface area contributed by atoms with E-state index in [2.05, 4.69) is 23.2 Å². The Hall–Kier alpha value is -0.510. The van der Waals surface area contributed by atoms with E-state index >= 15 is 0 Å². The summed E-state index contributed by atoms with van der Waals surface area (Å²) in [6.45, 7) is 1.85. The normalized spacial score (nSPS) is 24.4. The van der Waals surface area contributed by atoms with Crippen LogP contribution in [0.2, 0.25) is 0 Å². The third-order valence-electron chi connectivity index (χ3n) is 1.58. The van der Waals surface area contributed by atoms with Crippen LogP contribution in [-0.2, 0) is 4.79 Å². The van der Waals surface area contributed by atoms with Crippen molar-refractivity contribution in [2.24, 2.45) is 11.0 Å². The number of carbonyl (C=O) groups is 1. The second-order valence-electron chi connectivity index (χ2n) is 2.29. The van der Waals surface area contributed by atoms with Crippen LogP contribution in [0.25, 0.3) is 0 Å². The molecule has 1 amide bonds. The first-order valence-electron chi connectivity index (χ1n) is 3.20. The highest BCUT2D eigenvalue weighted by atomic mass is 32.1. The zero-order valence-electron chi connectivity index (χ0n) is 5.79. The molecule has 0 radical (unpaired) electrons. The highest BCUT2D eigenvalue weighted by Gasteiger charge is 2.25. The first-order valence-corrected chi connectivity index (χ1v) is 3.84. The van der Waals surface area contributed by atoms with Gasteiger partial charge in [-0.25, -0.2) is 5.43 Å². The molecule has 10 heavy (non-hydrogen) atoms. The second-order valence-corrected chi connectivity index (χ2v) is 2.74. The highest BCUT2D eigenvalue weighted by molar-refractivity contribution is 7.80. The summed E-state index contributed by atoms with van der Waals surface area (Å²) in [5.74, 6) is 0.703. The van der Waals surface area contributed by atoms with Gasteiger partial charge < -0.3 is 0 Å². The van der Waals surface area contributed by atoms with Crippen molar-refractivity contribution in [3.63, 3.8) is 0 Å². The lowest BCUT2D eigenvalue weighted by Crippen LogP contribution is -2.22. The predicted octanol–water partition coefficient (Wildman–Crippen LogP) is 0.428. The van der Waals surface area contributed by atoms with Crippen molar-refractivity contribution in [3.05, 3.63) is 0 Å². The quantitative estimate of drug-likeness (QED) is 0.562. The van der Waals surface area contributed by atoms with Crippen LogP contribution in [0, 0.1) is 5.92 Å². The van der Waals surface area contributed by atoms with E-state index in [0.717, 1.165) is 17.9 Å². The maximum atomic E-state index is 10.9. The van der Waals surface area contributed by atoms with E-state index in [1.54, 1.807) is 0 Å². The summed E-state index contributed by atoms with van der Waals surface area (Å²) in [6, 6.07) is 0. The van der Waals surface area contributed by atoms with Gasteiger partial charge in [0.1, 0.15) is 0 Å². The molecule has 0 aromatic rings. The van der Waals surface area contributed by atoms with E-state index in [1.165, 1.54) is 0 Å². The van der Waals surface area contributed by atoms with Crippen LogP contribution in [0.4, 0.5) is 0 Å². The van der Waals surface area contributed by atoms with Crippen LogP contribution in [-0.4, -0.2) is 17.4 Å². The minimum atomic E-state index is -0.0301. The minimum Gasteiger partial charge on any atom is -0.272 e. The number of carbonyl (C=O) groups excluding carboxylic acids is 1. The zero-order valence-corrected chi connectivity index (χ0v) is 6.69. The summed E-state index contributed by atoms with van der Waals surface area (Å²) < 4.78 is 0. The number of hydrogen-bond donors (Lipinski definition) is 2. The molecule has 0 bridgehead atoms. The Labute approximate surface area is 65.3 Å². The summed E-state index contributed by atoms with van der Waals surface area (Å²) in [7, 11) is 0. The van der Waals surface area contributed by atoms with Crippen molar-refractivity contribution in [1.29, 1.82) is 0 Å². The van der Waals surface area contributed by atoms with E-state index in [-0.39, 0.29) is 11.8 Å². The van der Waals surface area contributed by atoms with Gasteiger partial charge in [0.15, 0.2) is 0 Å². The molecular weight excluding hydrogens is 148 g/mol. The van der Waals surface area contributed by atoms with E-state index in [0.29, 0.717) is 0 Å². The van der Waals surface area contributed by atoms with Gasteiger partial charge in [0.05, 0.1) is 5.92 Å². The van der Waals surface area contributed by atoms with Gasteiger partial charge in [0, 0.05) is 5.71 Å². The Kier molecular flexibility index (Phi) is 2.32. The summed E-state index contributed by atoms with van der Waals surface area (Å²) in [4.78, 5) is 10.9. The van der Waals surface area contributed by atoms with Gasteiger partial charge >= 0.3 is 0 Å². The maximum Gasteiger partial charge on any atom is 0.248 e. The monoisotopic (exact) mass is 158 g/mol. The Bertz CT molecular complexity index is 179. The van der Waals surface area contributed by atoms with Gasteiger partial charge in [-0.2, -0.15) is 17.7 Å². The molecule has 1 N–H and O–H groups in total. The van der Waals surface area contributed by atoms with Crippen LogP contribution >= 0.6 is 12.6 Å². The third-order valence-corrected chi connectivity index (χ3v) is 1.84. The van der Waals surface area contributed by atoms with Gasteiger partial charge in [-0.15, -0.1) is 0 Å². The van der Waals surface area contributed by atoms with Gasteiger partial charge in [-0.1, -0.05) is 0 Å². The molecule has 0 aliphatic carbocycles. The zero-order chi connectivity index (χ0) is 7.56. The number of nitrogens with one attached hydrogen (secondary N) is 1. The molecule has 0 saturated carbocycles. The molecule has 56 valence electrons. The van der Waals surface area contributed by atoms with Crippen LogP contribution in [0.3, 0.4) is 0 Å². The molecule has 0 spiro atoms. The molecule has 1 rings (SSSR count). The van der Waals surface area contributed by atoms with E-state index in [4.69, 9.17) is 0 Å². The molecule has 1 aliphatic heterocycles. The average molecular weight is 158 g/mol. The summed E-state index contributed by atoms with van der Waals surface area (Å²) in [5, 5.41) is 3.80. The Morgan fingerprint density at radius 1 is 1.80 bits per heavy atom. The molecule has 0 aromatic heterocycles. The predicted molar refractivity (Wildman–Crippen MR) is 43.2 cm³/mol. The van der Waals surface area contributed by atoms with Gasteiger partial charge in [0.2, 0.25) is 5.91 Å². The SMILES string of the molecule is CC1=NNC(=O)C1CCS. The number of amides is 1. The summed E-state index contributed by atoms with van der Waals surface area (Å²) in [6.07, 6.45) is 0.782. The number of rotatable bonds is 2. The lowest BCUT2D eigenvalue weighted by molar-refractivity contribution is -0.122. The molecule has 1 aliphatic rings. The van der Waals surface area contributed by atoms with Crippen LogP contribution < -0.4 is 5.43 Å². The van der Waals surface area contributed by atoms with Crippen molar-refractivity contribution >= 4 is 24.2 Å². The van der Waals surface area contributed by atoms with Crippen molar-refractivity contribution in [2.75, 3.05) is 5.75 Å². The van der Waals surface area contributed by atoms with Crippen molar-refractivity contribution in [3.8, 4) is 0 Å². The topological polar surface area (TPSA) is 41.5 Å². The average Bonchev–Trinajstić information content (AvgIpc) is 2.20. The fraction of sp³-hybridized carbons (Fsp3) is 0.667.